The Morgan fingerprint density at radius 2 is 0.589 bits per heavy atom. The summed E-state index contributed by atoms with van der Waals surface area (Å²) in [4.78, 5) is 30.2. The molecule has 340 valence electrons. The largest absolute Gasteiger partial charge is 0.308 e. The first-order chi connectivity index (χ1) is 36.2. The van der Waals surface area contributed by atoms with Gasteiger partial charge in [0, 0.05) is 55.3 Å². The van der Waals surface area contributed by atoms with E-state index in [0.717, 1.165) is 72.4 Å². The summed E-state index contributed by atoms with van der Waals surface area (Å²) in [5.41, 5.74) is 18.0. The van der Waals surface area contributed by atoms with Crippen LogP contribution in [0.4, 0.5) is 0 Å². The maximum atomic E-state index is 5.08. The van der Waals surface area contributed by atoms with Gasteiger partial charge in [0.15, 0.2) is 34.9 Å². The number of fused-ring (bicyclic) bond motifs is 8. The molecule has 4 heterocycles. The Balaban J connectivity index is 0.903. The lowest BCUT2D eigenvalue weighted by atomic mass is 9.90. The number of rotatable bonds is 8. The zero-order valence-corrected chi connectivity index (χ0v) is 39.3. The summed E-state index contributed by atoms with van der Waals surface area (Å²) < 4.78 is 2.47. The highest BCUT2D eigenvalue weighted by Crippen LogP contribution is 2.49. The third kappa shape index (κ3) is 7.46. The zero-order valence-electron chi connectivity index (χ0n) is 39.3. The van der Waals surface area contributed by atoms with Gasteiger partial charge in [0.25, 0.3) is 0 Å². The minimum absolute atomic E-state index is 0.620. The van der Waals surface area contributed by atoms with Crippen molar-refractivity contribution >= 4 is 21.8 Å². The second kappa shape index (κ2) is 17.5. The van der Waals surface area contributed by atoms with Crippen molar-refractivity contribution in [3.63, 3.8) is 0 Å². The number of para-hydroxylation sites is 1. The standard InChI is InChI=1S/C66H41N7/c1-5-19-42(20-6-1)61-67-62(43-21-7-2-8-22-43)70-65(69-61)49-29-17-27-46(37-49)48-35-36-59-55(39-48)52-31-13-14-32-53(52)56-40-51(41-57-54-33-15-16-34-58(54)73(59)60(56)57)47-28-18-30-50(38-47)66-71-63(44-23-9-3-10-24-44)68-64(72-66)45-25-11-4-12-26-45/h1-41H. The first-order valence-electron chi connectivity index (χ1n) is 24.4. The van der Waals surface area contributed by atoms with Crippen LogP contribution in [0.25, 0.3) is 140 Å². The minimum atomic E-state index is 0.620. The van der Waals surface area contributed by atoms with E-state index in [1.165, 1.54) is 33.0 Å². The summed E-state index contributed by atoms with van der Waals surface area (Å²) in [6, 6.07) is 86.8. The van der Waals surface area contributed by atoms with Crippen LogP contribution < -0.4 is 0 Å². The normalized spacial score (nSPS) is 11.6. The fraction of sp³-hybridized carbons (Fsp3) is 0. The molecule has 0 saturated carbocycles. The fourth-order valence-corrected chi connectivity index (χ4v) is 10.3. The maximum Gasteiger partial charge on any atom is 0.164 e. The average Bonchev–Trinajstić information content (AvgIpc) is 3.79. The Labute approximate surface area is 421 Å². The molecule has 7 nitrogen and oxygen atoms in total. The van der Waals surface area contributed by atoms with Gasteiger partial charge in [0.1, 0.15) is 0 Å². The summed E-state index contributed by atoms with van der Waals surface area (Å²) in [5.74, 6) is 3.78. The Morgan fingerprint density at radius 3 is 1.10 bits per heavy atom. The fourth-order valence-electron chi connectivity index (χ4n) is 10.3. The molecule has 0 aliphatic carbocycles. The molecular formula is C66H41N7. The maximum absolute atomic E-state index is 5.08. The van der Waals surface area contributed by atoms with Crippen molar-refractivity contribution in [2.45, 2.75) is 0 Å². The SMILES string of the molecule is c1ccc(-c2nc(-c3ccccc3)nc(-c3cccc(-c4ccc5c(c4)-c4ccccc4-c4cc(-c6cccc(-c7nc(-c8ccccc8)nc(-c8ccccc8)n7)c6)cc6c7ccccc7n-5c46)c3)n2)cc1. The topological polar surface area (TPSA) is 82.3 Å². The van der Waals surface area contributed by atoms with Crippen LogP contribution in [0, 0.1) is 0 Å². The van der Waals surface area contributed by atoms with Gasteiger partial charge in [-0.3, -0.25) is 0 Å². The van der Waals surface area contributed by atoms with Crippen molar-refractivity contribution in [2.24, 2.45) is 0 Å². The second-order valence-electron chi connectivity index (χ2n) is 18.3. The van der Waals surface area contributed by atoms with Crippen LogP contribution in [0.5, 0.6) is 0 Å². The van der Waals surface area contributed by atoms with Gasteiger partial charge in [-0.1, -0.05) is 206 Å². The van der Waals surface area contributed by atoms with Crippen LogP contribution in [0.3, 0.4) is 0 Å². The Hall–Kier alpha value is -9.98. The number of nitrogens with zero attached hydrogens (tertiary/aromatic N) is 7. The van der Waals surface area contributed by atoms with E-state index in [0.29, 0.717) is 34.9 Å². The number of aromatic nitrogens is 7. The van der Waals surface area contributed by atoms with Crippen molar-refractivity contribution in [1.82, 2.24) is 34.5 Å². The van der Waals surface area contributed by atoms with E-state index in [1.807, 2.05) is 121 Å². The Morgan fingerprint density at radius 1 is 0.219 bits per heavy atom. The molecule has 0 saturated heterocycles. The highest BCUT2D eigenvalue weighted by molar-refractivity contribution is 6.18. The predicted octanol–water partition coefficient (Wildman–Crippen LogP) is 16.1. The Kier molecular flexibility index (Phi) is 10.0. The third-order valence-corrected chi connectivity index (χ3v) is 13.8. The summed E-state index contributed by atoms with van der Waals surface area (Å²) in [6.45, 7) is 0. The summed E-state index contributed by atoms with van der Waals surface area (Å²) in [5, 5.41) is 2.38. The molecular weight excluding hydrogens is 891 g/mol. The average molecular weight is 932 g/mol. The number of hydrogen-bond donors (Lipinski definition) is 0. The second-order valence-corrected chi connectivity index (χ2v) is 18.3. The van der Waals surface area contributed by atoms with Crippen molar-refractivity contribution in [3.05, 3.63) is 249 Å². The van der Waals surface area contributed by atoms with Crippen LogP contribution >= 0.6 is 0 Å². The lowest BCUT2D eigenvalue weighted by Gasteiger charge is -2.15. The molecule has 0 unspecified atom stereocenters. The molecule has 1 aliphatic rings. The third-order valence-electron chi connectivity index (χ3n) is 13.8. The molecule has 3 aromatic heterocycles. The van der Waals surface area contributed by atoms with Crippen LogP contribution in [0.2, 0.25) is 0 Å². The predicted molar refractivity (Wildman–Crippen MR) is 295 cm³/mol. The van der Waals surface area contributed by atoms with E-state index in [1.54, 1.807) is 0 Å². The quantitative estimate of drug-likeness (QED) is 0.151. The molecule has 10 aromatic carbocycles. The molecule has 13 aromatic rings. The summed E-state index contributed by atoms with van der Waals surface area (Å²) >= 11 is 0. The van der Waals surface area contributed by atoms with Gasteiger partial charge >= 0.3 is 0 Å². The molecule has 0 atom stereocenters. The lowest BCUT2D eigenvalue weighted by Crippen LogP contribution is -2.00. The van der Waals surface area contributed by atoms with Crippen LogP contribution in [-0.4, -0.2) is 34.5 Å². The van der Waals surface area contributed by atoms with E-state index in [-0.39, 0.29) is 0 Å². The van der Waals surface area contributed by atoms with Gasteiger partial charge in [-0.05, 0) is 75.8 Å². The molecule has 7 heteroatoms. The molecule has 0 N–H and O–H groups in total. The van der Waals surface area contributed by atoms with Crippen molar-refractivity contribution in [2.75, 3.05) is 0 Å². The molecule has 0 spiro atoms. The monoisotopic (exact) mass is 931 g/mol. The van der Waals surface area contributed by atoms with E-state index >= 15 is 0 Å². The van der Waals surface area contributed by atoms with Gasteiger partial charge in [-0.2, -0.15) is 0 Å². The molecule has 0 radical (unpaired) electrons. The van der Waals surface area contributed by atoms with Gasteiger partial charge in [0.05, 0.1) is 16.7 Å². The molecule has 0 amide bonds. The first kappa shape index (κ1) is 41.9. The van der Waals surface area contributed by atoms with E-state index in [9.17, 15) is 0 Å². The zero-order chi connectivity index (χ0) is 48.2. The van der Waals surface area contributed by atoms with Crippen LogP contribution in [-0.2, 0) is 0 Å². The highest BCUT2D eigenvalue weighted by Gasteiger charge is 2.26. The van der Waals surface area contributed by atoms with Gasteiger partial charge in [0.2, 0.25) is 0 Å². The van der Waals surface area contributed by atoms with Crippen molar-refractivity contribution in [3.8, 4) is 119 Å². The highest BCUT2D eigenvalue weighted by atomic mass is 15.0. The number of benzene rings is 10. The van der Waals surface area contributed by atoms with Gasteiger partial charge < -0.3 is 4.57 Å². The van der Waals surface area contributed by atoms with Crippen LogP contribution in [0.15, 0.2) is 249 Å². The lowest BCUT2D eigenvalue weighted by molar-refractivity contribution is 1.07. The molecule has 1 aliphatic heterocycles. The van der Waals surface area contributed by atoms with Crippen LogP contribution in [0.1, 0.15) is 0 Å². The first-order valence-corrected chi connectivity index (χ1v) is 24.4. The minimum Gasteiger partial charge on any atom is -0.308 e. The van der Waals surface area contributed by atoms with Gasteiger partial charge in [-0.15, -0.1) is 0 Å². The number of hydrogen-bond acceptors (Lipinski definition) is 6. The Bertz CT molecular complexity index is 4130. The van der Waals surface area contributed by atoms with Crippen molar-refractivity contribution < 1.29 is 0 Å². The smallest absolute Gasteiger partial charge is 0.164 e. The van der Waals surface area contributed by atoms with E-state index in [4.69, 9.17) is 29.9 Å². The van der Waals surface area contributed by atoms with Gasteiger partial charge in [-0.25, -0.2) is 29.9 Å². The molecule has 0 fully saturated rings. The van der Waals surface area contributed by atoms with E-state index in [2.05, 4.69) is 132 Å². The van der Waals surface area contributed by atoms with Crippen molar-refractivity contribution in [1.29, 1.82) is 0 Å². The molecule has 14 rings (SSSR count). The van der Waals surface area contributed by atoms with E-state index < -0.39 is 0 Å². The molecule has 73 heavy (non-hydrogen) atoms. The summed E-state index contributed by atoms with van der Waals surface area (Å²) in [6.07, 6.45) is 0. The summed E-state index contributed by atoms with van der Waals surface area (Å²) in [7, 11) is 0. The molecule has 0 bridgehead atoms.